The molecule has 23 heavy (non-hydrogen) atoms. The molecule has 1 amide bonds. The quantitative estimate of drug-likeness (QED) is 0.716. The summed E-state index contributed by atoms with van der Waals surface area (Å²) in [5, 5.41) is 21.5. The van der Waals surface area contributed by atoms with Crippen molar-refractivity contribution >= 4 is 12.0 Å². The van der Waals surface area contributed by atoms with Crippen molar-refractivity contribution in [1.82, 2.24) is 5.32 Å². The van der Waals surface area contributed by atoms with Gasteiger partial charge in [-0.15, -0.1) is 0 Å². The lowest BCUT2D eigenvalue weighted by molar-refractivity contribution is -0.116. The first-order valence-corrected chi connectivity index (χ1v) is 7.19. The summed E-state index contributed by atoms with van der Waals surface area (Å²) in [5.41, 5.74) is 1.80. The summed E-state index contributed by atoms with van der Waals surface area (Å²) in [7, 11) is 1.47. The largest absolute Gasteiger partial charge is 0.508 e. The molecule has 0 unspecified atom stereocenters. The van der Waals surface area contributed by atoms with Gasteiger partial charge in [0.05, 0.1) is 7.11 Å². The Bertz CT molecular complexity index is 693. The topological polar surface area (TPSA) is 78.8 Å². The van der Waals surface area contributed by atoms with Gasteiger partial charge in [-0.1, -0.05) is 18.2 Å². The molecule has 0 aromatic heterocycles. The Balaban J connectivity index is 1.83. The van der Waals surface area contributed by atoms with Crippen LogP contribution in [-0.2, 0) is 11.2 Å². The second kappa shape index (κ2) is 7.89. The average Bonchev–Trinajstić information content (AvgIpc) is 2.56. The van der Waals surface area contributed by atoms with E-state index in [4.69, 9.17) is 4.74 Å². The Morgan fingerprint density at radius 2 is 1.91 bits per heavy atom. The minimum absolute atomic E-state index is 0.0583. The molecule has 0 saturated heterocycles. The van der Waals surface area contributed by atoms with Crippen LogP contribution in [0.15, 0.2) is 48.5 Å². The van der Waals surface area contributed by atoms with E-state index in [-0.39, 0.29) is 17.4 Å². The fourth-order valence-corrected chi connectivity index (χ4v) is 2.02. The number of phenols is 2. The van der Waals surface area contributed by atoms with E-state index < -0.39 is 0 Å². The maximum absolute atomic E-state index is 11.8. The van der Waals surface area contributed by atoms with Crippen molar-refractivity contribution in [2.75, 3.05) is 13.7 Å². The van der Waals surface area contributed by atoms with Gasteiger partial charge in [0.1, 0.15) is 5.75 Å². The van der Waals surface area contributed by atoms with Crippen LogP contribution in [0.4, 0.5) is 0 Å². The van der Waals surface area contributed by atoms with E-state index in [2.05, 4.69) is 5.32 Å². The van der Waals surface area contributed by atoms with E-state index in [1.807, 2.05) is 12.1 Å². The number of methoxy groups -OCH3 is 1. The van der Waals surface area contributed by atoms with E-state index in [0.29, 0.717) is 18.7 Å². The Labute approximate surface area is 134 Å². The second-order valence-electron chi connectivity index (χ2n) is 4.97. The van der Waals surface area contributed by atoms with Gasteiger partial charge >= 0.3 is 0 Å². The molecule has 5 nitrogen and oxygen atoms in total. The third kappa shape index (κ3) is 5.07. The summed E-state index contributed by atoms with van der Waals surface area (Å²) in [6.45, 7) is 0.507. The molecule has 0 atom stereocenters. The van der Waals surface area contributed by atoms with Crippen molar-refractivity contribution in [3.8, 4) is 17.2 Å². The number of hydrogen-bond donors (Lipinski definition) is 3. The summed E-state index contributed by atoms with van der Waals surface area (Å²) in [6.07, 6.45) is 3.77. The van der Waals surface area contributed by atoms with E-state index in [9.17, 15) is 15.0 Å². The number of hydrogen-bond acceptors (Lipinski definition) is 4. The van der Waals surface area contributed by atoms with Crippen molar-refractivity contribution in [2.45, 2.75) is 6.42 Å². The number of nitrogens with one attached hydrogen (secondary N) is 1. The van der Waals surface area contributed by atoms with Crippen molar-refractivity contribution < 1.29 is 19.7 Å². The smallest absolute Gasteiger partial charge is 0.244 e. The van der Waals surface area contributed by atoms with Crippen LogP contribution in [0, 0.1) is 0 Å². The molecule has 0 heterocycles. The van der Waals surface area contributed by atoms with Gasteiger partial charge in [0.25, 0.3) is 0 Å². The monoisotopic (exact) mass is 313 g/mol. The van der Waals surface area contributed by atoms with Crippen LogP contribution >= 0.6 is 0 Å². The fourth-order valence-electron chi connectivity index (χ4n) is 2.02. The van der Waals surface area contributed by atoms with Crippen LogP contribution in [0.1, 0.15) is 11.1 Å². The SMILES string of the molecule is COc1cc(/C=C\C(=O)NCCc2ccc(O)cc2)ccc1O. The number of aromatic hydroxyl groups is 2. The van der Waals surface area contributed by atoms with Gasteiger partial charge in [-0.25, -0.2) is 0 Å². The highest BCUT2D eigenvalue weighted by molar-refractivity contribution is 5.91. The second-order valence-corrected chi connectivity index (χ2v) is 4.97. The third-order valence-electron chi connectivity index (χ3n) is 3.28. The van der Waals surface area contributed by atoms with Gasteiger partial charge < -0.3 is 20.3 Å². The summed E-state index contributed by atoms with van der Waals surface area (Å²) in [5.74, 6) is 0.448. The average molecular weight is 313 g/mol. The van der Waals surface area contributed by atoms with Crippen LogP contribution in [0.5, 0.6) is 17.2 Å². The van der Waals surface area contributed by atoms with E-state index >= 15 is 0 Å². The van der Waals surface area contributed by atoms with Crippen LogP contribution < -0.4 is 10.1 Å². The molecule has 0 aliphatic rings. The van der Waals surface area contributed by atoms with Gasteiger partial charge in [0.15, 0.2) is 11.5 Å². The molecule has 5 heteroatoms. The normalized spacial score (nSPS) is 10.7. The van der Waals surface area contributed by atoms with Gasteiger partial charge in [0.2, 0.25) is 5.91 Å². The molecule has 0 radical (unpaired) electrons. The van der Waals surface area contributed by atoms with E-state index in [1.54, 1.807) is 30.3 Å². The Hall–Kier alpha value is -2.95. The Kier molecular flexibility index (Phi) is 5.63. The zero-order chi connectivity index (χ0) is 16.7. The van der Waals surface area contributed by atoms with Crippen LogP contribution in [0.3, 0.4) is 0 Å². The van der Waals surface area contributed by atoms with Crippen LogP contribution in [0.2, 0.25) is 0 Å². The maximum atomic E-state index is 11.8. The lowest BCUT2D eigenvalue weighted by atomic mass is 10.1. The lowest BCUT2D eigenvalue weighted by Gasteiger charge is -2.04. The molecule has 0 spiro atoms. The number of carbonyl (C=O) groups is 1. The zero-order valence-corrected chi connectivity index (χ0v) is 12.8. The molecule has 0 fully saturated rings. The summed E-state index contributed by atoms with van der Waals surface area (Å²) in [6, 6.07) is 11.7. The number of benzene rings is 2. The predicted molar refractivity (Wildman–Crippen MR) is 88.5 cm³/mol. The standard InChI is InChI=1S/C18H19NO4/c1-23-17-12-14(4-8-16(17)21)5-9-18(22)19-11-10-13-2-6-15(20)7-3-13/h2-9,12,20-21H,10-11H2,1H3,(H,19,22)/b9-5-. The van der Waals surface area contributed by atoms with Gasteiger partial charge in [-0.3, -0.25) is 4.79 Å². The minimum Gasteiger partial charge on any atom is -0.508 e. The highest BCUT2D eigenvalue weighted by Gasteiger charge is 2.01. The molecule has 0 aliphatic carbocycles. The lowest BCUT2D eigenvalue weighted by Crippen LogP contribution is -2.23. The minimum atomic E-state index is -0.198. The molecule has 2 rings (SSSR count). The zero-order valence-electron chi connectivity index (χ0n) is 12.8. The number of ether oxygens (including phenoxy) is 1. The Morgan fingerprint density at radius 3 is 2.61 bits per heavy atom. The highest BCUT2D eigenvalue weighted by atomic mass is 16.5. The molecule has 0 aliphatic heterocycles. The number of amides is 1. The van der Waals surface area contributed by atoms with Crippen molar-refractivity contribution in [1.29, 1.82) is 0 Å². The van der Waals surface area contributed by atoms with Crippen molar-refractivity contribution in [3.63, 3.8) is 0 Å². The summed E-state index contributed by atoms with van der Waals surface area (Å²) < 4.78 is 5.01. The van der Waals surface area contributed by atoms with Crippen molar-refractivity contribution in [3.05, 3.63) is 59.7 Å². The molecule has 0 bridgehead atoms. The maximum Gasteiger partial charge on any atom is 0.244 e. The van der Waals surface area contributed by atoms with Crippen molar-refractivity contribution in [2.24, 2.45) is 0 Å². The van der Waals surface area contributed by atoms with Gasteiger partial charge in [0, 0.05) is 12.6 Å². The molecule has 2 aromatic carbocycles. The molecular weight excluding hydrogens is 294 g/mol. The summed E-state index contributed by atoms with van der Waals surface area (Å²) in [4.78, 5) is 11.8. The van der Waals surface area contributed by atoms with Gasteiger partial charge in [-0.2, -0.15) is 0 Å². The number of carbonyl (C=O) groups excluding carboxylic acids is 1. The summed E-state index contributed by atoms with van der Waals surface area (Å²) >= 11 is 0. The van der Waals surface area contributed by atoms with Crippen LogP contribution in [0.25, 0.3) is 6.08 Å². The van der Waals surface area contributed by atoms with E-state index in [0.717, 1.165) is 11.1 Å². The highest BCUT2D eigenvalue weighted by Crippen LogP contribution is 2.26. The molecular formula is C18H19NO4. The van der Waals surface area contributed by atoms with Crippen LogP contribution in [-0.4, -0.2) is 29.8 Å². The molecule has 2 aromatic rings. The molecule has 3 N–H and O–H groups in total. The van der Waals surface area contributed by atoms with Gasteiger partial charge in [-0.05, 0) is 47.9 Å². The first kappa shape index (κ1) is 16.4. The number of phenolic OH excluding ortho intramolecular Hbond substituents is 2. The predicted octanol–water partition coefficient (Wildman–Crippen LogP) is 2.48. The Morgan fingerprint density at radius 1 is 1.17 bits per heavy atom. The van der Waals surface area contributed by atoms with E-state index in [1.165, 1.54) is 19.3 Å². The third-order valence-corrected chi connectivity index (χ3v) is 3.28. The first-order valence-electron chi connectivity index (χ1n) is 7.19. The molecule has 0 saturated carbocycles. The molecule has 120 valence electrons. The fraction of sp³-hybridized carbons (Fsp3) is 0.167. The first-order chi connectivity index (χ1) is 11.1. The number of rotatable bonds is 6.